The van der Waals surface area contributed by atoms with Gasteiger partial charge in [0.1, 0.15) is 10.2 Å². The zero-order valence-corrected chi connectivity index (χ0v) is 9.52. The molecule has 3 aromatic rings. The first kappa shape index (κ1) is 9.62. The Morgan fingerprint density at radius 3 is 2.81 bits per heavy atom. The third kappa shape index (κ3) is 1.54. The van der Waals surface area contributed by atoms with E-state index in [0.717, 1.165) is 21.6 Å². The lowest BCUT2D eigenvalue weighted by Gasteiger charge is -1.95. The SMILES string of the molecule is O=c1[nH]c2ccc(-c3nc(Cl)cs3)cc2[nH]1. The van der Waals surface area contributed by atoms with Crippen LogP contribution in [0.1, 0.15) is 0 Å². The van der Waals surface area contributed by atoms with Crippen molar-refractivity contribution in [1.82, 2.24) is 15.0 Å². The van der Waals surface area contributed by atoms with Crippen LogP contribution in [0.2, 0.25) is 5.15 Å². The Labute approximate surface area is 98.9 Å². The molecule has 2 heterocycles. The van der Waals surface area contributed by atoms with Crippen molar-refractivity contribution in [3.63, 3.8) is 0 Å². The molecule has 0 aliphatic carbocycles. The van der Waals surface area contributed by atoms with Gasteiger partial charge in [-0.1, -0.05) is 11.6 Å². The summed E-state index contributed by atoms with van der Waals surface area (Å²) in [4.78, 5) is 20.7. The van der Waals surface area contributed by atoms with Gasteiger partial charge in [0.2, 0.25) is 0 Å². The van der Waals surface area contributed by atoms with Crippen LogP contribution in [0.4, 0.5) is 0 Å². The van der Waals surface area contributed by atoms with Gasteiger partial charge in [0.15, 0.2) is 0 Å². The van der Waals surface area contributed by atoms with Crippen molar-refractivity contribution in [2.45, 2.75) is 0 Å². The molecule has 0 saturated carbocycles. The lowest BCUT2D eigenvalue weighted by Crippen LogP contribution is -1.99. The second-order valence-electron chi connectivity index (χ2n) is 3.31. The summed E-state index contributed by atoms with van der Waals surface area (Å²) in [6, 6.07) is 5.63. The highest BCUT2D eigenvalue weighted by atomic mass is 35.5. The van der Waals surface area contributed by atoms with Crippen LogP contribution >= 0.6 is 22.9 Å². The highest BCUT2D eigenvalue weighted by Gasteiger charge is 2.05. The molecule has 0 aliphatic rings. The van der Waals surface area contributed by atoms with Gasteiger partial charge in [-0.25, -0.2) is 9.78 Å². The third-order valence-electron chi connectivity index (χ3n) is 2.24. The first-order valence-corrected chi connectivity index (χ1v) is 5.81. The number of hydrogen-bond acceptors (Lipinski definition) is 3. The molecule has 80 valence electrons. The second kappa shape index (κ2) is 3.47. The Morgan fingerprint density at radius 2 is 2.06 bits per heavy atom. The van der Waals surface area contributed by atoms with E-state index in [1.807, 2.05) is 18.2 Å². The fraction of sp³-hybridized carbons (Fsp3) is 0. The number of benzene rings is 1. The van der Waals surface area contributed by atoms with E-state index >= 15 is 0 Å². The molecule has 0 radical (unpaired) electrons. The van der Waals surface area contributed by atoms with E-state index in [9.17, 15) is 4.79 Å². The Morgan fingerprint density at radius 1 is 1.25 bits per heavy atom. The minimum Gasteiger partial charge on any atom is -0.306 e. The molecule has 2 aromatic heterocycles. The van der Waals surface area contributed by atoms with Gasteiger partial charge in [0.05, 0.1) is 11.0 Å². The maximum atomic E-state index is 11.1. The number of aromatic nitrogens is 3. The topological polar surface area (TPSA) is 61.5 Å². The van der Waals surface area contributed by atoms with Crippen molar-refractivity contribution in [1.29, 1.82) is 0 Å². The number of hydrogen-bond donors (Lipinski definition) is 2. The largest absolute Gasteiger partial charge is 0.323 e. The summed E-state index contributed by atoms with van der Waals surface area (Å²) in [7, 11) is 0. The summed E-state index contributed by atoms with van der Waals surface area (Å²) in [6.45, 7) is 0. The number of rotatable bonds is 1. The molecule has 0 atom stereocenters. The van der Waals surface area contributed by atoms with Gasteiger partial charge in [0, 0.05) is 10.9 Å². The zero-order chi connectivity index (χ0) is 11.1. The van der Waals surface area contributed by atoms with Gasteiger partial charge in [-0.15, -0.1) is 11.3 Å². The lowest BCUT2D eigenvalue weighted by atomic mass is 10.2. The maximum absolute atomic E-state index is 11.1. The Bertz CT molecular complexity index is 712. The normalized spacial score (nSPS) is 11.1. The molecular formula is C10H6ClN3OS. The van der Waals surface area contributed by atoms with Crippen molar-refractivity contribution >= 4 is 34.0 Å². The minimum atomic E-state index is -0.204. The summed E-state index contributed by atoms with van der Waals surface area (Å²) >= 11 is 7.24. The highest BCUT2D eigenvalue weighted by Crippen LogP contribution is 2.27. The van der Waals surface area contributed by atoms with Gasteiger partial charge in [-0.05, 0) is 18.2 Å². The fourth-order valence-electron chi connectivity index (χ4n) is 1.55. The van der Waals surface area contributed by atoms with Crippen LogP contribution in [0.25, 0.3) is 21.6 Å². The lowest BCUT2D eigenvalue weighted by molar-refractivity contribution is 1.22. The van der Waals surface area contributed by atoms with Gasteiger partial charge in [0.25, 0.3) is 0 Å². The summed E-state index contributed by atoms with van der Waals surface area (Å²) in [6.07, 6.45) is 0. The van der Waals surface area contributed by atoms with Crippen molar-refractivity contribution < 1.29 is 0 Å². The van der Waals surface area contributed by atoms with Gasteiger partial charge >= 0.3 is 5.69 Å². The number of fused-ring (bicyclic) bond motifs is 1. The van der Waals surface area contributed by atoms with Gasteiger partial charge < -0.3 is 9.97 Å². The number of nitrogens with zero attached hydrogens (tertiary/aromatic N) is 1. The quantitative estimate of drug-likeness (QED) is 0.698. The summed E-state index contributed by atoms with van der Waals surface area (Å²) < 4.78 is 0. The average molecular weight is 252 g/mol. The zero-order valence-electron chi connectivity index (χ0n) is 7.95. The summed E-state index contributed by atoms with van der Waals surface area (Å²) in [5, 5.41) is 3.11. The molecule has 2 N–H and O–H groups in total. The third-order valence-corrected chi connectivity index (χ3v) is 3.45. The monoisotopic (exact) mass is 251 g/mol. The van der Waals surface area contributed by atoms with Crippen LogP contribution < -0.4 is 5.69 Å². The first-order chi connectivity index (χ1) is 7.72. The Kier molecular flexibility index (Phi) is 2.08. The standard InChI is InChI=1S/C10H6ClN3OS/c11-8-4-16-9(14-8)5-1-2-6-7(3-5)13-10(15)12-6/h1-4H,(H2,12,13,15). The average Bonchev–Trinajstić information content (AvgIpc) is 2.81. The summed E-state index contributed by atoms with van der Waals surface area (Å²) in [5.74, 6) is 0. The second-order valence-corrected chi connectivity index (χ2v) is 4.56. The molecule has 6 heteroatoms. The molecular weight excluding hydrogens is 246 g/mol. The fourth-order valence-corrected chi connectivity index (χ4v) is 2.50. The highest BCUT2D eigenvalue weighted by molar-refractivity contribution is 7.13. The molecule has 3 rings (SSSR count). The van der Waals surface area contributed by atoms with E-state index in [1.165, 1.54) is 11.3 Å². The number of nitrogens with one attached hydrogen (secondary N) is 2. The molecule has 0 fully saturated rings. The van der Waals surface area contributed by atoms with Crippen LogP contribution in [0.5, 0.6) is 0 Å². The molecule has 4 nitrogen and oxygen atoms in total. The Hall–Kier alpha value is -1.59. The predicted octanol–water partition coefficient (Wildman–Crippen LogP) is 2.63. The number of halogens is 1. The van der Waals surface area contributed by atoms with E-state index in [2.05, 4.69) is 15.0 Å². The summed E-state index contributed by atoms with van der Waals surface area (Å²) in [5.41, 5.74) is 2.30. The van der Waals surface area contributed by atoms with Crippen molar-refractivity contribution in [2.24, 2.45) is 0 Å². The van der Waals surface area contributed by atoms with Crippen molar-refractivity contribution in [3.05, 3.63) is 39.2 Å². The van der Waals surface area contributed by atoms with Crippen LogP contribution in [0, 0.1) is 0 Å². The number of thiazole rings is 1. The molecule has 16 heavy (non-hydrogen) atoms. The van der Waals surface area contributed by atoms with E-state index < -0.39 is 0 Å². The molecule has 0 unspecified atom stereocenters. The molecule has 0 spiro atoms. The minimum absolute atomic E-state index is 0.204. The van der Waals surface area contributed by atoms with Crippen LogP contribution in [-0.4, -0.2) is 15.0 Å². The van der Waals surface area contributed by atoms with E-state index in [-0.39, 0.29) is 5.69 Å². The molecule has 1 aromatic carbocycles. The molecule has 0 saturated heterocycles. The van der Waals surface area contributed by atoms with Gasteiger partial charge in [-0.2, -0.15) is 0 Å². The van der Waals surface area contributed by atoms with E-state index in [1.54, 1.807) is 5.38 Å². The van der Waals surface area contributed by atoms with E-state index in [4.69, 9.17) is 11.6 Å². The maximum Gasteiger partial charge on any atom is 0.323 e. The van der Waals surface area contributed by atoms with E-state index in [0.29, 0.717) is 5.15 Å². The first-order valence-electron chi connectivity index (χ1n) is 4.56. The Balaban J connectivity index is 2.21. The number of imidazole rings is 1. The molecule has 0 aliphatic heterocycles. The van der Waals surface area contributed by atoms with Crippen molar-refractivity contribution in [3.8, 4) is 10.6 Å². The van der Waals surface area contributed by atoms with Gasteiger partial charge in [-0.3, -0.25) is 0 Å². The van der Waals surface area contributed by atoms with Crippen LogP contribution in [0.15, 0.2) is 28.4 Å². The molecule has 0 bridgehead atoms. The molecule has 0 amide bonds. The number of H-pyrrole nitrogens is 2. The van der Waals surface area contributed by atoms with Crippen LogP contribution in [0.3, 0.4) is 0 Å². The van der Waals surface area contributed by atoms with Crippen LogP contribution in [-0.2, 0) is 0 Å². The smallest absolute Gasteiger partial charge is 0.306 e. The van der Waals surface area contributed by atoms with Crippen molar-refractivity contribution in [2.75, 3.05) is 0 Å². The predicted molar refractivity (Wildman–Crippen MR) is 65.0 cm³/mol. The number of aromatic amines is 2.